The van der Waals surface area contributed by atoms with Crippen molar-refractivity contribution >= 4 is 5.91 Å². The third-order valence-electron chi connectivity index (χ3n) is 2.74. The predicted molar refractivity (Wildman–Crippen MR) is 57.4 cm³/mol. The highest BCUT2D eigenvalue weighted by atomic mass is 19.4. The van der Waals surface area contributed by atoms with Crippen LogP contribution in [0.5, 0.6) is 0 Å². The molecule has 1 heterocycles. The SMILES string of the molecule is NCCN1CCCN(C(=O)CC(F)(F)F)CC1. The number of nitrogens with two attached hydrogens (primary N) is 1. The lowest BCUT2D eigenvalue weighted by Crippen LogP contribution is -2.38. The van der Waals surface area contributed by atoms with Gasteiger partial charge in [0, 0.05) is 32.7 Å². The molecule has 1 fully saturated rings. The van der Waals surface area contributed by atoms with Crippen molar-refractivity contribution in [3.8, 4) is 0 Å². The molecule has 1 aliphatic heterocycles. The minimum Gasteiger partial charge on any atom is -0.341 e. The molecule has 17 heavy (non-hydrogen) atoms. The Morgan fingerprint density at radius 3 is 2.47 bits per heavy atom. The maximum absolute atomic E-state index is 12.1. The van der Waals surface area contributed by atoms with Crippen LogP contribution in [0.2, 0.25) is 0 Å². The average molecular weight is 253 g/mol. The molecule has 0 aliphatic carbocycles. The van der Waals surface area contributed by atoms with E-state index in [4.69, 9.17) is 5.73 Å². The molecular formula is C10H18F3N3O. The van der Waals surface area contributed by atoms with E-state index in [1.165, 1.54) is 4.90 Å². The zero-order valence-electron chi connectivity index (χ0n) is 9.67. The van der Waals surface area contributed by atoms with Gasteiger partial charge in [0.05, 0.1) is 0 Å². The monoisotopic (exact) mass is 253 g/mol. The molecular weight excluding hydrogens is 235 g/mol. The summed E-state index contributed by atoms with van der Waals surface area (Å²) < 4.78 is 36.3. The van der Waals surface area contributed by atoms with Gasteiger partial charge in [-0.05, 0) is 13.0 Å². The number of nitrogens with zero attached hydrogens (tertiary/aromatic N) is 2. The van der Waals surface area contributed by atoms with Crippen molar-refractivity contribution in [2.75, 3.05) is 39.3 Å². The van der Waals surface area contributed by atoms with E-state index in [9.17, 15) is 18.0 Å². The van der Waals surface area contributed by atoms with Crippen LogP contribution < -0.4 is 5.73 Å². The van der Waals surface area contributed by atoms with Crippen LogP contribution >= 0.6 is 0 Å². The maximum Gasteiger partial charge on any atom is 0.397 e. The van der Waals surface area contributed by atoms with Crippen LogP contribution in [0.15, 0.2) is 0 Å². The van der Waals surface area contributed by atoms with Crippen LogP contribution in [0.4, 0.5) is 13.2 Å². The Morgan fingerprint density at radius 2 is 1.88 bits per heavy atom. The number of carbonyl (C=O) groups is 1. The number of alkyl halides is 3. The normalized spacial score (nSPS) is 19.2. The molecule has 0 saturated carbocycles. The third kappa shape index (κ3) is 5.36. The zero-order chi connectivity index (χ0) is 12.9. The third-order valence-corrected chi connectivity index (χ3v) is 2.74. The zero-order valence-corrected chi connectivity index (χ0v) is 9.67. The number of hydrogen-bond acceptors (Lipinski definition) is 3. The fourth-order valence-corrected chi connectivity index (χ4v) is 1.91. The summed E-state index contributed by atoms with van der Waals surface area (Å²) in [4.78, 5) is 14.8. The summed E-state index contributed by atoms with van der Waals surface area (Å²) in [6, 6.07) is 0. The van der Waals surface area contributed by atoms with Gasteiger partial charge in [0.2, 0.25) is 5.91 Å². The first-order valence-electron chi connectivity index (χ1n) is 5.69. The Bertz CT molecular complexity index is 258. The Morgan fingerprint density at radius 1 is 1.18 bits per heavy atom. The molecule has 0 atom stereocenters. The maximum atomic E-state index is 12.1. The van der Waals surface area contributed by atoms with Crippen LogP contribution in [0.3, 0.4) is 0 Å². The summed E-state index contributed by atoms with van der Waals surface area (Å²) in [5.74, 6) is -0.827. The summed E-state index contributed by atoms with van der Waals surface area (Å²) >= 11 is 0. The van der Waals surface area contributed by atoms with Gasteiger partial charge in [0.15, 0.2) is 0 Å². The number of hydrogen-bond donors (Lipinski definition) is 1. The van der Waals surface area contributed by atoms with Gasteiger partial charge in [-0.15, -0.1) is 0 Å². The Labute approximate surface area is 98.5 Å². The highest BCUT2D eigenvalue weighted by Crippen LogP contribution is 2.21. The summed E-state index contributed by atoms with van der Waals surface area (Å²) in [6.45, 7) is 3.39. The molecule has 0 unspecified atom stereocenters. The van der Waals surface area contributed by atoms with Crippen LogP contribution in [-0.2, 0) is 4.79 Å². The van der Waals surface area contributed by atoms with E-state index in [0.29, 0.717) is 32.6 Å². The van der Waals surface area contributed by atoms with Gasteiger partial charge in [-0.1, -0.05) is 0 Å². The molecule has 2 N–H and O–H groups in total. The Balaban J connectivity index is 2.43. The number of rotatable bonds is 3. The second kappa shape index (κ2) is 6.20. The molecule has 4 nitrogen and oxygen atoms in total. The summed E-state index contributed by atoms with van der Waals surface area (Å²) in [5.41, 5.74) is 5.42. The summed E-state index contributed by atoms with van der Waals surface area (Å²) in [5, 5.41) is 0. The largest absolute Gasteiger partial charge is 0.397 e. The standard InChI is InChI=1S/C10H18F3N3O/c11-10(12,13)8-9(17)16-4-1-3-15(5-2-14)6-7-16/h1-8,14H2. The van der Waals surface area contributed by atoms with E-state index in [2.05, 4.69) is 4.90 Å². The van der Waals surface area contributed by atoms with E-state index in [1.54, 1.807) is 0 Å². The molecule has 1 saturated heterocycles. The van der Waals surface area contributed by atoms with Crippen LogP contribution in [0.1, 0.15) is 12.8 Å². The lowest BCUT2D eigenvalue weighted by molar-refractivity contribution is -0.161. The number of amides is 1. The molecule has 0 aromatic carbocycles. The van der Waals surface area contributed by atoms with Gasteiger partial charge in [0.1, 0.15) is 6.42 Å². The van der Waals surface area contributed by atoms with Crippen molar-refractivity contribution in [1.29, 1.82) is 0 Å². The fraction of sp³-hybridized carbons (Fsp3) is 0.900. The first-order valence-corrected chi connectivity index (χ1v) is 5.69. The van der Waals surface area contributed by atoms with Gasteiger partial charge in [-0.3, -0.25) is 4.79 Å². The second-order valence-electron chi connectivity index (χ2n) is 4.16. The van der Waals surface area contributed by atoms with E-state index >= 15 is 0 Å². The van der Waals surface area contributed by atoms with Crippen LogP contribution in [-0.4, -0.2) is 61.2 Å². The van der Waals surface area contributed by atoms with E-state index in [-0.39, 0.29) is 0 Å². The molecule has 0 aromatic rings. The fourth-order valence-electron chi connectivity index (χ4n) is 1.91. The topological polar surface area (TPSA) is 49.6 Å². The summed E-state index contributed by atoms with van der Waals surface area (Å²) in [6.07, 6.45) is -5.08. The quantitative estimate of drug-likeness (QED) is 0.793. The van der Waals surface area contributed by atoms with E-state index in [1.807, 2.05) is 0 Å². The predicted octanol–water partition coefficient (Wildman–Crippen LogP) is 0.432. The van der Waals surface area contributed by atoms with E-state index < -0.39 is 18.5 Å². The summed E-state index contributed by atoms with van der Waals surface area (Å²) in [7, 11) is 0. The van der Waals surface area contributed by atoms with E-state index in [0.717, 1.165) is 13.1 Å². The molecule has 1 aliphatic rings. The smallest absolute Gasteiger partial charge is 0.341 e. The Kier molecular flexibility index (Phi) is 5.20. The van der Waals surface area contributed by atoms with Gasteiger partial charge in [0.25, 0.3) is 0 Å². The van der Waals surface area contributed by atoms with Crippen molar-refractivity contribution in [2.24, 2.45) is 5.73 Å². The molecule has 0 radical (unpaired) electrons. The number of carbonyl (C=O) groups excluding carboxylic acids is 1. The lowest BCUT2D eigenvalue weighted by atomic mass is 10.3. The minimum absolute atomic E-state index is 0.356. The van der Waals surface area contributed by atoms with Gasteiger partial charge < -0.3 is 15.5 Å². The van der Waals surface area contributed by atoms with Crippen molar-refractivity contribution in [3.05, 3.63) is 0 Å². The Hall–Kier alpha value is -0.820. The number of halogens is 3. The van der Waals surface area contributed by atoms with Crippen LogP contribution in [0.25, 0.3) is 0 Å². The molecule has 0 bridgehead atoms. The molecule has 0 aromatic heterocycles. The van der Waals surface area contributed by atoms with Crippen LogP contribution in [0, 0.1) is 0 Å². The minimum atomic E-state index is -4.42. The average Bonchev–Trinajstić information content (AvgIpc) is 2.41. The molecule has 0 spiro atoms. The lowest BCUT2D eigenvalue weighted by Gasteiger charge is -2.22. The molecule has 1 rings (SSSR count). The highest BCUT2D eigenvalue weighted by Gasteiger charge is 2.33. The van der Waals surface area contributed by atoms with Gasteiger partial charge in [-0.2, -0.15) is 13.2 Å². The van der Waals surface area contributed by atoms with Gasteiger partial charge >= 0.3 is 6.18 Å². The second-order valence-corrected chi connectivity index (χ2v) is 4.16. The van der Waals surface area contributed by atoms with Crippen molar-refractivity contribution < 1.29 is 18.0 Å². The van der Waals surface area contributed by atoms with Crippen molar-refractivity contribution in [1.82, 2.24) is 9.80 Å². The first-order chi connectivity index (χ1) is 7.92. The van der Waals surface area contributed by atoms with Gasteiger partial charge in [-0.25, -0.2) is 0 Å². The first kappa shape index (κ1) is 14.2. The van der Waals surface area contributed by atoms with Crippen molar-refractivity contribution in [3.63, 3.8) is 0 Å². The molecule has 1 amide bonds. The molecule has 7 heteroatoms. The van der Waals surface area contributed by atoms with Crippen molar-refractivity contribution in [2.45, 2.75) is 19.0 Å². The highest BCUT2D eigenvalue weighted by molar-refractivity contribution is 5.76. The molecule has 100 valence electrons.